The van der Waals surface area contributed by atoms with E-state index in [0.29, 0.717) is 6.42 Å². The standard InChI is InChI=1S/C13H22F2O8S/c1-6-11(3,4)9(16)23-12(5,10(17)21-7-2)22-8-13(14,15)24(18,19)20/h6-8H2,1-5H3,(H,18,19,20). The van der Waals surface area contributed by atoms with E-state index in [1.165, 1.54) is 20.8 Å². The molecule has 142 valence electrons. The fourth-order valence-corrected chi connectivity index (χ4v) is 1.36. The number of halogens is 2. The summed E-state index contributed by atoms with van der Waals surface area (Å²) in [7, 11) is -5.78. The second-order valence-corrected chi connectivity index (χ2v) is 7.24. The van der Waals surface area contributed by atoms with Crippen LogP contribution in [0.4, 0.5) is 8.78 Å². The Kier molecular flexibility index (Phi) is 7.28. The van der Waals surface area contributed by atoms with Gasteiger partial charge >= 0.3 is 33.1 Å². The van der Waals surface area contributed by atoms with E-state index in [1.807, 2.05) is 0 Å². The number of alkyl halides is 2. The molecule has 24 heavy (non-hydrogen) atoms. The number of ether oxygens (including phenoxy) is 3. The predicted octanol–water partition coefficient (Wildman–Crippen LogP) is 1.74. The first-order chi connectivity index (χ1) is 10.6. The van der Waals surface area contributed by atoms with Crippen LogP contribution in [0, 0.1) is 5.41 Å². The van der Waals surface area contributed by atoms with Crippen molar-refractivity contribution in [3.05, 3.63) is 0 Å². The predicted molar refractivity (Wildman–Crippen MR) is 77.6 cm³/mol. The van der Waals surface area contributed by atoms with Gasteiger partial charge in [0.1, 0.15) is 6.61 Å². The summed E-state index contributed by atoms with van der Waals surface area (Å²) < 4.78 is 70.2. The Morgan fingerprint density at radius 1 is 1.08 bits per heavy atom. The summed E-state index contributed by atoms with van der Waals surface area (Å²) in [6.07, 6.45) is 0.311. The van der Waals surface area contributed by atoms with Crippen LogP contribution in [0.1, 0.15) is 41.0 Å². The topological polar surface area (TPSA) is 116 Å². The van der Waals surface area contributed by atoms with Gasteiger partial charge in [0, 0.05) is 6.92 Å². The maximum Gasteiger partial charge on any atom is 0.392 e. The maximum atomic E-state index is 13.3. The van der Waals surface area contributed by atoms with E-state index in [-0.39, 0.29) is 6.61 Å². The third-order valence-corrected chi connectivity index (χ3v) is 4.14. The molecule has 0 fully saturated rings. The molecule has 8 nitrogen and oxygen atoms in total. The van der Waals surface area contributed by atoms with Gasteiger partial charge in [0.25, 0.3) is 0 Å². The first kappa shape index (κ1) is 22.7. The van der Waals surface area contributed by atoms with E-state index in [2.05, 4.69) is 9.47 Å². The summed E-state index contributed by atoms with van der Waals surface area (Å²) in [4.78, 5) is 24.0. The van der Waals surface area contributed by atoms with Crippen molar-refractivity contribution in [3.63, 3.8) is 0 Å². The van der Waals surface area contributed by atoms with Crippen molar-refractivity contribution in [2.24, 2.45) is 5.41 Å². The zero-order chi connectivity index (χ0) is 19.4. The van der Waals surface area contributed by atoms with Gasteiger partial charge in [-0.15, -0.1) is 0 Å². The quantitative estimate of drug-likeness (QED) is 0.367. The third kappa shape index (κ3) is 5.64. The highest BCUT2D eigenvalue weighted by Crippen LogP contribution is 2.29. The van der Waals surface area contributed by atoms with E-state index in [0.717, 1.165) is 6.92 Å². The van der Waals surface area contributed by atoms with E-state index in [9.17, 15) is 26.8 Å². The Balaban J connectivity index is 5.46. The second kappa shape index (κ2) is 7.70. The van der Waals surface area contributed by atoms with Gasteiger partial charge in [-0.2, -0.15) is 17.2 Å². The molecule has 0 heterocycles. The highest BCUT2D eigenvalue weighted by molar-refractivity contribution is 7.86. The zero-order valence-corrected chi connectivity index (χ0v) is 14.9. The Bertz CT molecular complexity index is 573. The van der Waals surface area contributed by atoms with Crippen molar-refractivity contribution in [2.75, 3.05) is 13.2 Å². The molecule has 0 aliphatic rings. The molecule has 0 radical (unpaired) electrons. The lowest BCUT2D eigenvalue weighted by molar-refractivity contribution is -0.250. The number of rotatable bonds is 9. The normalized spacial score (nSPS) is 15.5. The molecule has 0 saturated heterocycles. The van der Waals surface area contributed by atoms with Crippen LogP contribution >= 0.6 is 0 Å². The number of hydrogen-bond donors (Lipinski definition) is 1. The van der Waals surface area contributed by atoms with Crippen molar-refractivity contribution >= 4 is 22.1 Å². The summed E-state index contributed by atoms with van der Waals surface area (Å²) in [5.74, 6) is -4.83. The minimum atomic E-state index is -5.78. The SMILES string of the molecule is CCOC(=O)C(C)(OCC(F)(F)S(=O)(=O)O)OC(=O)C(C)(C)CC. The van der Waals surface area contributed by atoms with Gasteiger partial charge in [0.2, 0.25) is 0 Å². The van der Waals surface area contributed by atoms with Gasteiger partial charge in [0.05, 0.1) is 12.0 Å². The van der Waals surface area contributed by atoms with E-state index < -0.39 is 45.1 Å². The van der Waals surface area contributed by atoms with E-state index in [1.54, 1.807) is 6.92 Å². The Hall–Kier alpha value is -1.33. The van der Waals surface area contributed by atoms with Crippen LogP contribution in [0.3, 0.4) is 0 Å². The number of carbonyl (C=O) groups excluding carboxylic acids is 2. The fourth-order valence-electron chi connectivity index (χ4n) is 1.15. The molecule has 0 aromatic rings. The molecule has 1 N–H and O–H groups in total. The molecular formula is C13H22F2O8S. The minimum absolute atomic E-state index is 0.165. The van der Waals surface area contributed by atoms with Crippen molar-refractivity contribution < 1.29 is 45.6 Å². The zero-order valence-electron chi connectivity index (χ0n) is 14.1. The summed E-state index contributed by atoms with van der Waals surface area (Å²) >= 11 is 0. The molecule has 1 atom stereocenters. The van der Waals surface area contributed by atoms with Crippen LogP contribution in [0.25, 0.3) is 0 Å². The molecule has 0 rings (SSSR count). The molecular weight excluding hydrogens is 354 g/mol. The summed E-state index contributed by atoms with van der Waals surface area (Å²) in [5, 5.41) is -4.70. The van der Waals surface area contributed by atoms with Gasteiger partial charge < -0.3 is 14.2 Å². The smallest absolute Gasteiger partial charge is 0.392 e. The van der Waals surface area contributed by atoms with Crippen LogP contribution in [0.5, 0.6) is 0 Å². The second-order valence-electron chi connectivity index (χ2n) is 5.69. The largest absolute Gasteiger partial charge is 0.461 e. The number of esters is 2. The van der Waals surface area contributed by atoms with Crippen molar-refractivity contribution in [2.45, 2.75) is 52.1 Å². The van der Waals surface area contributed by atoms with Gasteiger partial charge in [-0.1, -0.05) is 6.92 Å². The van der Waals surface area contributed by atoms with Gasteiger partial charge in [-0.25, -0.2) is 4.79 Å². The van der Waals surface area contributed by atoms with Crippen molar-refractivity contribution in [3.8, 4) is 0 Å². The molecule has 11 heteroatoms. The summed E-state index contributed by atoms with van der Waals surface area (Å²) in [6.45, 7) is 4.83. The Morgan fingerprint density at radius 2 is 1.58 bits per heavy atom. The molecule has 0 bridgehead atoms. The molecule has 1 unspecified atom stereocenters. The van der Waals surface area contributed by atoms with E-state index in [4.69, 9.17) is 9.29 Å². The minimum Gasteiger partial charge on any atom is -0.461 e. The van der Waals surface area contributed by atoms with Crippen molar-refractivity contribution in [1.82, 2.24) is 0 Å². The first-order valence-corrected chi connectivity index (χ1v) is 8.46. The summed E-state index contributed by atoms with van der Waals surface area (Å²) in [6, 6.07) is 0. The molecule has 0 amide bonds. The number of hydrogen-bond acceptors (Lipinski definition) is 7. The average molecular weight is 376 g/mol. The van der Waals surface area contributed by atoms with Crippen LogP contribution in [0.2, 0.25) is 0 Å². The highest BCUT2D eigenvalue weighted by Gasteiger charge is 2.50. The molecule has 0 aromatic heterocycles. The lowest BCUT2D eigenvalue weighted by atomic mass is 9.90. The molecule has 0 aromatic carbocycles. The lowest BCUT2D eigenvalue weighted by Crippen LogP contribution is -2.49. The molecule has 0 saturated carbocycles. The lowest BCUT2D eigenvalue weighted by Gasteiger charge is -2.31. The third-order valence-electron chi connectivity index (χ3n) is 3.26. The van der Waals surface area contributed by atoms with Crippen LogP contribution in [0.15, 0.2) is 0 Å². The average Bonchev–Trinajstić information content (AvgIpc) is 2.44. The molecule has 0 aliphatic carbocycles. The first-order valence-electron chi connectivity index (χ1n) is 7.02. The monoisotopic (exact) mass is 376 g/mol. The van der Waals surface area contributed by atoms with Gasteiger partial charge in [0.15, 0.2) is 0 Å². The Morgan fingerprint density at radius 3 is 1.96 bits per heavy atom. The number of carbonyl (C=O) groups is 2. The molecule has 0 aliphatic heterocycles. The highest BCUT2D eigenvalue weighted by atomic mass is 32.2. The van der Waals surface area contributed by atoms with Crippen molar-refractivity contribution in [1.29, 1.82) is 0 Å². The van der Waals surface area contributed by atoms with Crippen LogP contribution in [-0.4, -0.2) is 49.2 Å². The molecule has 0 spiro atoms. The van der Waals surface area contributed by atoms with Gasteiger partial charge in [-0.05, 0) is 27.2 Å². The van der Waals surface area contributed by atoms with E-state index >= 15 is 0 Å². The van der Waals surface area contributed by atoms with Crippen LogP contribution in [-0.2, 0) is 33.9 Å². The maximum absolute atomic E-state index is 13.3. The fraction of sp³-hybridized carbons (Fsp3) is 0.846. The Labute approximate surface area is 139 Å². The van der Waals surface area contributed by atoms with Gasteiger partial charge in [-0.3, -0.25) is 9.35 Å². The van der Waals surface area contributed by atoms with Crippen LogP contribution < -0.4 is 0 Å². The summed E-state index contributed by atoms with van der Waals surface area (Å²) in [5.41, 5.74) is -1.05.